The molecule has 1 aromatic heterocycles. The first kappa shape index (κ1) is 13.5. The summed E-state index contributed by atoms with van der Waals surface area (Å²) in [4.78, 5) is 4.53. The Labute approximate surface area is 118 Å². The maximum Gasteiger partial charge on any atom is 0.135 e. The molecule has 3 rings (SSSR count). The lowest BCUT2D eigenvalue weighted by Crippen LogP contribution is -2.22. The molecule has 4 N–H and O–H groups in total. The van der Waals surface area contributed by atoms with E-state index in [9.17, 15) is 10.2 Å². The van der Waals surface area contributed by atoms with Crippen molar-refractivity contribution in [2.45, 2.75) is 51.0 Å². The summed E-state index contributed by atoms with van der Waals surface area (Å²) in [6.45, 7) is 0.429. The van der Waals surface area contributed by atoms with Crippen molar-refractivity contribution >= 4 is 11.0 Å². The quantitative estimate of drug-likeness (QED) is 0.792. The summed E-state index contributed by atoms with van der Waals surface area (Å²) in [5, 5.41) is 19.2. The van der Waals surface area contributed by atoms with Crippen molar-refractivity contribution in [1.29, 1.82) is 0 Å². The Morgan fingerprint density at radius 2 is 2.00 bits per heavy atom. The summed E-state index contributed by atoms with van der Waals surface area (Å²) in [5.41, 5.74) is 8.65. The zero-order chi connectivity index (χ0) is 14.1. The first-order chi connectivity index (χ1) is 9.72. The van der Waals surface area contributed by atoms with Crippen molar-refractivity contribution in [1.82, 2.24) is 9.55 Å². The molecule has 0 amide bonds. The average molecular weight is 275 g/mol. The number of rotatable bonds is 3. The van der Waals surface area contributed by atoms with E-state index in [0.717, 1.165) is 42.3 Å². The van der Waals surface area contributed by atoms with Crippen molar-refractivity contribution in [3.63, 3.8) is 0 Å². The summed E-state index contributed by atoms with van der Waals surface area (Å²) < 4.78 is 2.14. The molecule has 1 heterocycles. The second kappa shape index (κ2) is 5.52. The molecule has 0 saturated heterocycles. The van der Waals surface area contributed by atoms with E-state index in [4.69, 9.17) is 5.73 Å². The van der Waals surface area contributed by atoms with Gasteiger partial charge >= 0.3 is 0 Å². The molecule has 1 aliphatic rings. The molecule has 1 aromatic carbocycles. The molecule has 1 fully saturated rings. The number of imidazole rings is 1. The highest BCUT2D eigenvalue weighted by Gasteiger charge is 2.24. The first-order valence-electron chi connectivity index (χ1n) is 7.21. The average Bonchev–Trinajstić information content (AvgIpc) is 2.85. The Morgan fingerprint density at radius 1 is 1.25 bits per heavy atom. The molecule has 5 heteroatoms. The van der Waals surface area contributed by atoms with E-state index in [1.165, 1.54) is 0 Å². The van der Waals surface area contributed by atoms with Gasteiger partial charge in [0.15, 0.2) is 0 Å². The highest BCUT2D eigenvalue weighted by molar-refractivity contribution is 5.77. The third-order valence-corrected chi connectivity index (χ3v) is 4.24. The minimum absolute atomic E-state index is 0.0638. The number of benzene rings is 1. The van der Waals surface area contributed by atoms with Gasteiger partial charge in [-0.05, 0) is 43.4 Å². The van der Waals surface area contributed by atoms with Crippen LogP contribution >= 0.6 is 0 Å². The van der Waals surface area contributed by atoms with Crippen LogP contribution in [0.3, 0.4) is 0 Å². The van der Waals surface area contributed by atoms with Crippen LogP contribution in [0.1, 0.15) is 43.1 Å². The molecule has 0 radical (unpaired) electrons. The third-order valence-electron chi connectivity index (χ3n) is 4.24. The van der Waals surface area contributed by atoms with Gasteiger partial charge in [0, 0.05) is 12.6 Å². The van der Waals surface area contributed by atoms with E-state index >= 15 is 0 Å². The van der Waals surface area contributed by atoms with E-state index in [2.05, 4.69) is 9.55 Å². The molecule has 1 aliphatic carbocycles. The predicted octanol–water partition coefficient (Wildman–Crippen LogP) is 1.46. The zero-order valence-electron chi connectivity index (χ0n) is 11.5. The molecular weight excluding hydrogens is 254 g/mol. The van der Waals surface area contributed by atoms with Crippen LogP contribution in [-0.2, 0) is 13.2 Å². The van der Waals surface area contributed by atoms with Gasteiger partial charge in [0.25, 0.3) is 0 Å². The zero-order valence-corrected chi connectivity index (χ0v) is 11.5. The number of hydrogen-bond acceptors (Lipinski definition) is 4. The highest BCUT2D eigenvalue weighted by atomic mass is 16.3. The fourth-order valence-electron chi connectivity index (χ4n) is 3.16. The second-order valence-electron chi connectivity index (χ2n) is 5.55. The Morgan fingerprint density at radius 3 is 2.65 bits per heavy atom. The molecule has 2 aromatic rings. The number of nitrogens with two attached hydrogens (primary N) is 1. The smallest absolute Gasteiger partial charge is 0.135 e. The van der Waals surface area contributed by atoms with Crippen LogP contribution in [0.25, 0.3) is 11.0 Å². The van der Waals surface area contributed by atoms with E-state index in [0.29, 0.717) is 18.4 Å². The van der Waals surface area contributed by atoms with E-state index < -0.39 is 0 Å². The summed E-state index contributed by atoms with van der Waals surface area (Å²) in [7, 11) is 0. The van der Waals surface area contributed by atoms with Crippen LogP contribution in [0.15, 0.2) is 18.2 Å². The van der Waals surface area contributed by atoms with Crippen molar-refractivity contribution in [2.24, 2.45) is 5.73 Å². The lowest BCUT2D eigenvalue weighted by atomic mass is 9.92. The molecule has 108 valence electrons. The van der Waals surface area contributed by atoms with E-state index in [-0.39, 0.29) is 12.7 Å². The van der Waals surface area contributed by atoms with Gasteiger partial charge in [-0.15, -0.1) is 0 Å². The molecule has 0 aliphatic heterocycles. The summed E-state index contributed by atoms with van der Waals surface area (Å²) in [6.07, 6.45) is 3.31. The van der Waals surface area contributed by atoms with Crippen LogP contribution in [-0.4, -0.2) is 25.9 Å². The second-order valence-corrected chi connectivity index (χ2v) is 5.55. The normalized spacial score (nSPS) is 23.4. The van der Waals surface area contributed by atoms with E-state index in [1.54, 1.807) is 0 Å². The predicted molar refractivity (Wildman–Crippen MR) is 77.1 cm³/mol. The highest BCUT2D eigenvalue weighted by Crippen LogP contribution is 2.33. The van der Waals surface area contributed by atoms with Crippen LogP contribution in [0, 0.1) is 0 Å². The topological polar surface area (TPSA) is 84.3 Å². The SMILES string of the molecule is NCc1ccc2c(c1)nc(CO)n2C1CCC(O)CC1. The van der Waals surface area contributed by atoms with Crippen LogP contribution in [0.2, 0.25) is 0 Å². The van der Waals surface area contributed by atoms with E-state index in [1.807, 2.05) is 18.2 Å². The number of aliphatic hydroxyl groups is 2. The van der Waals surface area contributed by atoms with Gasteiger partial charge in [-0.1, -0.05) is 6.07 Å². The fraction of sp³-hybridized carbons (Fsp3) is 0.533. The van der Waals surface area contributed by atoms with Crippen LogP contribution in [0.5, 0.6) is 0 Å². The number of aliphatic hydroxyl groups excluding tert-OH is 2. The lowest BCUT2D eigenvalue weighted by Gasteiger charge is -2.28. The third kappa shape index (κ3) is 2.32. The maximum atomic E-state index is 9.64. The molecule has 0 bridgehead atoms. The molecule has 20 heavy (non-hydrogen) atoms. The summed E-state index contributed by atoms with van der Waals surface area (Å²) >= 11 is 0. The number of nitrogens with zero attached hydrogens (tertiary/aromatic N) is 2. The van der Waals surface area contributed by atoms with Gasteiger partial charge in [0.1, 0.15) is 12.4 Å². The van der Waals surface area contributed by atoms with Gasteiger partial charge in [-0.2, -0.15) is 0 Å². The van der Waals surface area contributed by atoms with Crippen molar-refractivity contribution in [3.8, 4) is 0 Å². The van der Waals surface area contributed by atoms with Gasteiger partial charge < -0.3 is 20.5 Å². The summed E-state index contributed by atoms with van der Waals surface area (Å²) in [6, 6.07) is 6.35. The molecule has 5 nitrogen and oxygen atoms in total. The minimum Gasteiger partial charge on any atom is -0.393 e. The van der Waals surface area contributed by atoms with Gasteiger partial charge in [-0.25, -0.2) is 4.98 Å². The maximum absolute atomic E-state index is 9.64. The Kier molecular flexibility index (Phi) is 3.74. The number of hydrogen-bond donors (Lipinski definition) is 3. The molecule has 1 saturated carbocycles. The van der Waals surface area contributed by atoms with Crippen molar-refractivity contribution < 1.29 is 10.2 Å². The molecule has 0 atom stereocenters. The van der Waals surface area contributed by atoms with Crippen molar-refractivity contribution in [3.05, 3.63) is 29.6 Å². The molecular formula is C15H21N3O2. The number of aromatic nitrogens is 2. The first-order valence-corrected chi connectivity index (χ1v) is 7.21. The van der Waals surface area contributed by atoms with Gasteiger partial charge in [0.05, 0.1) is 17.1 Å². The Hall–Kier alpha value is -1.43. The molecule has 0 spiro atoms. The number of fused-ring (bicyclic) bond motifs is 1. The van der Waals surface area contributed by atoms with Crippen LogP contribution in [0.4, 0.5) is 0 Å². The lowest BCUT2D eigenvalue weighted by molar-refractivity contribution is 0.109. The minimum atomic E-state index is -0.178. The standard InChI is InChI=1S/C15H21N3O2/c16-8-10-1-6-14-13(7-10)17-15(9-19)18(14)11-2-4-12(20)5-3-11/h1,6-7,11-12,19-20H,2-5,8-9,16H2. The van der Waals surface area contributed by atoms with Gasteiger partial charge in [0.2, 0.25) is 0 Å². The fourth-order valence-corrected chi connectivity index (χ4v) is 3.16. The summed E-state index contributed by atoms with van der Waals surface area (Å²) in [5.74, 6) is 0.704. The molecule has 0 unspecified atom stereocenters. The van der Waals surface area contributed by atoms with Crippen molar-refractivity contribution in [2.75, 3.05) is 0 Å². The Balaban J connectivity index is 2.04. The van der Waals surface area contributed by atoms with Gasteiger partial charge in [-0.3, -0.25) is 0 Å². The largest absolute Gasteiger partial charge is 0.393 e. The van der Waals surface area contributed by atoms with Crippen LogP contribution < -0.4 is 5.73 Å². The monoisotopic (exact) mass is 275 g/mol. The Bertz CT molecular complexity index is 600.